The number of benzene rings is 1. The quantitative estimate of drug-likeness (QED) is 0.725. The zero-order valence-corrected chi connectivity index (χ0v) is 17.1. The second-order valence-electron chi connectivity index (χ2n) is 7.86. The third-order valence-electron chi connectivity index (χ3n) is 4.46. The Morgan fingerprint density at radius 2 is 2.00 bits per heavy atom. The number of carbonyl (C=O) groups is 1. The van der Waals surface area contributed by atoms with Gasteiger partial charge in [0.1, 0.15) is 18.0 Å². The van der Waals surface area contributed by atoms with Gasteiger partial charge in [-0.15, -0.1) is 5.10 Å². The highest BCUT2D eigenvalue weighted by Crippen LogP contribution is 2.25. The number of ether oxygens (including phenoxy) is 2. The molecule has 1 amide bonds. The Kier molecular flexibility index (Phi) is 6.13. The first-order valence-corrected chi connectivity index (χ1v) is 9.69. The Morgan fingerprint density at radius 3 is 2.64 bits per heavy atom. The Labute approximate surface area is 169 Å². The van der Waals surface area contributed by atoms with Crippen LogP contribution in [0.25, 0.3) is 0 Å². The molecule has 1 aliphatic heterocycles. The number of rotatable bonds is 4. The fourth-order valence-electron chi connectivity index (χ4n) is 3.03. The maximum atomic E-state index is 13.8. The van der Waals surface area contributed by atoms with Crippen molar-refractivity contribution in [1.82, 2.24) is 14.7 Å². The van der Waals surface area contributed by atoms with Crippen molar-refractivity contribution in [3.05, 3.63) is 46.9 Å². The largest absolute Gasteiger partial charge is 0.472 e. The van der Waals surface area contributed by atoms with E-state index in [0.717, 1.165) is 12.8 Å². The van der Waals surface area contributed by atoms with Crippen molar-refractivity contribution < 1.29 is 18.7 Å². The van der Waals surface area contributed by atoms with Crippen LogP contribution < -0.4 is 4.74 Å². The molecule has 0 spiro atoms. The molecule has 1 aliphatic rings. The lowest BCUT2D eigenvalue weighted by Crippen LogP contribution is -2.42. The molecule has 0 N–H and O–H groups in total. The van der Waals surface area contributed by atoms with Gasteiger partial charge in [0, 0.05) is 35.9 Å². The molecule has 0 atom stereocenters. The SMILES string of the molecule is CC(C)(C)OC(=O)N1CCC(n2ccc(OCc3ccc(Cl)cc3F)n2)CC1. The van der Waals surface area contributed by atoms with Gasteiger partial charge in [-0.3, -0.25) is 4.68 Å². The van der Waals surface area contributed by atoms with Crippen LogP contribution in [0.3, 0.4) is 0 Å². The number of nitrogens with zero attached hydrogens (tertiary/aromatic N) is 3. The topological polar surface area (TPSA) is 56.6 Å². The fraction of sp³-hybridized carbons (Fsp3) is 0.500. The molecular weight excluding hydrogens is 385 g/mol. The highest BCUT2D eigenvalue weighted by Gasteiger charge is 2.27. The third-order valence-corrected chi connectivity index (χ3v) is 4.70. The highest BCUT2D eigenvalue weighted by atomic mass is 35.5. The molecule has 0 bridgehead atoms. The molecule has 1 saturated heterocycles. The second-order valence-corrected chi connectivity index (χ2v) is 8.29. The number of likely N-dealkylation sites (tertiary alicyclic amines) is 1. The number of halogens is 2. The average molecular weight is 410 g/mol. The number of aromatic nitrogens is 2. The molecule has 0 saturated carbocycles. The molecular formula is C20H25ClFN3O3. The fourth-order valence-corrected chi connectivity index (χ4v) is 3.19. The maximum Gasteiger partial charge on any atom is 0.410 e. The first-order valence-electron chi connectivity index (χ1n) is 9.31. The molecule has 28 heavy (non-hydrogen) atoms. The molecule has 1 aromatic heterocycles. The summed E-state index contributed by atoms with van der Waals surface area (Å²) in [6.45, 7) is 6.89. The lowest BCUT2D eigenvalue weighted by molar-refractivity contribution is 0.0184. The lowest BCUT2D eigenvalue weighted by Gasteiger charge is -2.33. The average Bonchev–Trinajstić information content (AvgIpc) is 3.09. The smallest absolute Gasteiger partial charge is 0.410 e. The van der Waals surface area contributed by atoms with E-state index in [1.807, 2.05) is 31.6 Å². The lowest BCUT2D eigenvalue weighted by atomic mass is 10.1. The zero-order chi connectivity index (χ0) is 20.3. The van der Waals surface area contributed by atoms with Crippen LogP contribution in [-0.2, 0) is 11.3 Å². The van der Waals surface area contributed by atoms with Crippen molar-refractivity contribution in [3.8, 4) is 5.88 Å². The van der Waals surface area contributed by atoms with Crippen LogP contribution >= 0.6 is 11.6 Å². The summed E-state index contributed by atoms with van der Waals surface area (Å²) in [5, 5.41) is 4.79. The van der Waals surface area contributed by atoms with Gasteiger partial charge in [0.2, 0.25) is 5.88 Å². The first-order chi connectivity index (χ1) is 13.2. The van der Waals surface area contributed by atoms with Crippen LogP contribution in [-0.4, -0.2) is 39.5 Å². The van der Waals surface area contributed by atoms with Crippen molar-refractivity contribution in [2.24, 2.45) is 0 Å². The summed E-state index contributed by atoms with van der Waals surface area (Å²) in [7, 11) is 0. The van der Waals surface area contributed by atoms with Crippen molar-refractivity contribution >= 4 is 17.7 Å². The number of piperidine rings is 1. The minimum atomic E-state index is -0.494. The van der Waals surface area contributed by atoms with Gasteiger partial charge in [-0.25, -0.2) is 9.18 Å². The molecule has 1 aromatic carbocycles. The predicted molar refractivity (Wildman–Crippen MR) is 104 cm³/mol. The summed E-state index contributed by atoms with van der Waals surface area (Å²) in [5.41, 5.74) is -0.0734. The van der Waals surface area contributed by atoms with Crippen LogP contribution in [0, 0.1) is 5.82 Å². The molecule has 0 aliphatic carbocycles. The van der Waals surface area contributed by atoms with E-state index in [4.69, 9.17) is 21.1 Å². The molecule has 3 rings (SSSR count). The van der Waals surface area contributed by atoms with E-state index < -0.39 is 11.4 Å². The normalized spacial score (nSPS) is 15.5. The van der Waals surface area contributed by atoms with Gasteiger partial charge < -0.3 is 14.4 Å². The highest BCUT2D eigenvalue weighted by molar-refractivity contribution is 6.30. The summed E-state index contributed by atoms with van der Waals surface area (Å²) in [4.78, 5) is 13.9. The first kappa shape index (κ1) is 20.5. The van der Waals surface area contributed by atoms with E-state index in [2.05, 4.69) is 5.10 Å². The van der Waals surface area contributed by atoms with Crippen molar-refractivity contribution in [1.29, 1.82) is 0 Å². The number of carbonyl (C=O) groups excluding carboxylic acids is 1. The van der Waals surface area contributed by atoms with E-state index in [1.165, 1.54) is 6.07 Å². The van der Waals surface area contributed by atoms with Crippen molar-refractivity contribution in [2.75, 3.05) is 13.1 Å². The Bertz CT molecular complexity index is 826. The standard InChI is InChI=1S/C20H25ClFN3O3/c1-20(2,3)28-19(26)24-9-6-16(7-10-24)25-11-8-18(23-25)27-13-14-4-5-15(21)12-17(14)22/h4-5,8,11-12,16H,6-7,9-10,13H2,1-3H3. The molecule has 0 radical (unpaired) electrons. The van der Waals surface area contributed by atoms with E-state index >= 15 is 0 Å². The van der Waals surface area contributed by atoms with Gasteiger partial charge in [0.25, 0.3) is 0 Å². The van der Waals surface area contributed by atoms with Crippen LogP contribution in [0.1, 0.15) is 45.2 Å². The number of hydrogen-bond donors (Lipinski definition) is 0. The van der Waals surface area contributed by atoms with Crippen molar-refractivity contribution in [2.45, 2.75) is 51.9 Å². The molecule has 2 heterocycles. The van der Waals surface area contributed by atoms with Gasteiger partial charge in [0.05, 0.1) is 6.04 Å². The van der Waals surface area contributed by atoms with Gasteiger partial charge in [-0.1, -0.05) is 17.7 Å². The molecule has 2 aromatic rings. The summed E-state index contributed by atoms with van der Waals surface area (Å²) in [5.74, 6) is 0.0327. The van der Waals surface area contributed by atoms with Crippen molar-refractivity contribution in [3.63, 3.8) is 0 Å². The van der Waals surface area contributed by atoms with Gasteiger partial charge in [0.15, 0.2) is 0 Å². The van der Waals surface area contributed by atoms with Crippen LogP contribution in [0.15, 0.2) is 30.5 Å². The maximum absolute atomic E-state index is 13.8. The zero-order valence-electron chi connectivity index (χ0n) is 16.3. The summed E-state index contributed by atoms with van der Waals surface area (Å²) in [6, 6.07) is 6.43. The molecule has 8 heteroatoms. The Morgan fingerprint density at radius 1 is 1.29 bits per heavy atom. The second kappa shape index (κ2) is 8.39. The Hall–Kier alpha value is -2.28. The Balaban J connectivity index is 1.51. The minimum Gasteiger partial charge on any atom is -0.472 e. The van der Waals surface area contributed by atoms with Gasteiger partial charge >= 0.3 is 6.09 Å². The molecule has 0 unspecified atom stereocenters. The van der Waals surface area contributed by atoms with Crippen LogP contribution in [0.4, 0.5) is 9.18 Å². The van der Waals surface area contributed by atoms with Gasteiger partial charge in [-0.05, 0) is 45.7 Å². The summed E-state index contributed by atoms with van der Waals surface area (Å²) >= 11 is 5.76. The number of hydrogen-bond acceptors (Lipinski definition) is 4. The van der Waals surface area contributed by atoms with E-state index in [0.29, 0.717) is 29.6 Å². The van der Waals surface area contributed by atoms with Crippen LogP contribution in [0.5, 0.6) is 5.88 Å². The van der Waals surface area contributed by atoms with E-state index in [-0.39, 0.29) is 18.7 Å². The number of amides is 1. The van der Waals surface area contributed by atoms with Crippen LogP contribution in [0.2, 0.25) is 5.02 Å². The summed E-state index contributed by atoms with van der Waals surface area (Å²) < 4.78 is 26.7. The van der Waals surface area contributed by atoms with Gasteiger partial charge in [-0.2, -0.15) is 0 Å². The minimum absolute atomic E-state index is 0.0805. The molecule has 1 fully saturated rings. The van der Waals surface area contributed by atoms with E-state index in [1.54, 1.807) is 23.1 Å². The molecule has 6 nitrogen and oxygen atoms in total. The van der Waals surface area contributed by atoms with E-state index in [9.17, 15) is 9.18 Å². The third kappa shape index (κ3) is 5.38. The summed E-state index contributed by atoms with van der Waals surface area (Å²) in [6.07, 6.45) is 3.14. The predicted octanol–water partition coefficient (Wildman–Crippen LogP) is 4.83. The molecule has 152 valence electrons. The monoisotopic (exact) mass is 409 g/mol.